The second-order valence-electron chi connectivity index (χ2n) is 5.60. The zero-order chi connectivity index (χ0) is 14.3. The Morgan fingerprint density at radius 2 is 1.72 bits per heavy atom. The third-order valence-corrected chi connectivity index (χ3v) is 4.11. The van der Waals surface area contributed by atoms with E-state index >= 15 is 0 Å². The van der Waals surface area contributed by atoms with Crippen molar-refractivity contribution in [2.45, 2.75) is 33.1 Å². The topological polar surface area (TPSA) is 37.4 Å². The summed E-state index contributed by atoms with van der Waals surface area (Å²) in [5.41, 5.74) is 1.32. The van der Waals surface area contributed by atoms with Gasteiger partial charge < -0.3 is 0 Å². The molecular weight excluding hydrogens is 253 g/mol. The second kappa shape index (κ2) is 4.53. The van der Waals surface area contributed by atoms with Gasteiger partial charge in [0.05, 0.1) is 11.9 Å². The van der Waals surface area contributed by atoms with Gasteiger partial charge in [-0.25, -0.2) is 12.8 Å². The zero-order valence-corrected chi connectivity index (χ0v) is 12.5. The maximum absolute atomic E-state index is 13.7. The largest absolute Gasteiger partial charge is 0.273 e. The minimum absolute atomic E-state index is 0.314. The summed E-state index contributed by atoms with van der Waals surface area (Å²) in [7, 11) is -1.87. The average Bonchev–Trinajstić information content (AvgIpc) is 2.17. The minimum atomic E-state index is -3.36. The smallest absolute Gasteiger partial charge is 0.232 e. The molecule has 0 bridgehead atoms. The maximum Gasteiger partial charge on any atom is 0.232 e. The summed E-state index contributed by atoms with van der Waals surface area (Å²) >= 11 is 0. The van der Waals surface area contributed by atoms with E-state index in [1.165, 1.54) is 17.4 Å². The average molecular weight is 273 g/mol. The molecule has 1 rings (SSSR count). The number of rotatable bonds is 2. The minimum Gasteiger partial charge on any atom is -0.273 e. The molecule has 0 heterocycles. The maximum atomic E-state index is 13.7. The Morgan fingerprint density at radius 3 is 2.11 bits per heavy atom. The lowest BCUT2D eigenvalue weighted by molar-refractivity contribution is 0.568. The van der Waals surface area contributed by atoms with Crippen molar-refractivity contribution in [3.63, 3.8) is 0 Å². The molecular formula is C13H20FNO2S. The van der Waals surface area contributed by atoms with Gasteiger partial charge in [-0.2, -0.15) is 0 Å². The van der Waals surface area contributed by atoms with Gasteiger partial charge in [-0.15, -0.1) is 0 Å². The number of benzene rings is 1. The molecule has 0 radical (unpaired) electrons. The summed E-state index contributed by atoms with van der Waals surface area (Å²) in [5.74, 6) is -0.314. The third-order valence-electron chi connectivity index (χ3n) is 2.92. The number of nitrogens with zero attached hydrogens (tertiary/aromatic N) is 1. The van der Waals surface area contributed by atoms with Gasteiger partial charge in [-0.05, 0) is 35.6 Å². The van der Waals surface area contributed by atoms with Crippen molar-refractivity contribution in [1.29, 1.82) is 0 Å². The first kappa shape index (κ1) is 15.0. The molecule has 102 valence electrons. The number of halogens is 1. The van der Waals surface area contributed by atoms with Crippen LogP contribution in [0.3, 0.4) is 0 Å². The van der Waals surface area contributed by atoms with Crippen molar-refractivity contribution in [3.8, 4) is 0 Å². The van der Waals surface area contributed by atoms with E-state index in [4.69, 9.17) is 0 Å². The number of sulfonamides is 1. The second-order valence-corrected chi connectivity index (χ2v) is 7.61. The Labute approximate surface area is 109 Å². The van der Waals surface area contributed by atoms with E-state index in [1.807, 2.05) is 20.8 Å². The lowest BCUT2D eigenvalue weighted by atomic mass is 9.85. The van der Waals surface area contributed by atoms with Crippen molar-refractivity contribution in [2.75, 3.05) is 17.6 Å². The van der Waals surface area contributed by atoms with E-state index < -0.39 is 10.0 Å². The first-order valence-electron chi connectivity index (χ1n) is 5.69. The molecule has 0 unspecified atom stereocenters. The normalized spacial score (nSPS) is 12.6. The van der Waals surface area contributed by atoms with E-state index in [2.05, 4.69) is 0 Å². The third kappa shape index (κ3) is 3.02. The number of anilines is 1. The molecule has 3 nitrogen and oxygen atoms in total. The molecule has 0 aliphatic heterocycles. The fraction of sp³-hybridized carbons (Fsp3) is 0.538. The monoisotopic (exact) mass is 273 g/mol. The van der Waals surface area contributed by atoms with Crippen molar-refractivity contribution < 1.29 is 12.8 Å². The van der Waals surface area contributed by atoms with Crippen LogP contribution in [0.25, 0.3) is 0 Å². The van der Waals surface area contributed by atoms with Crippen LogP contribution in [-0.4, -0.2) is 21.7 Å². The van der Waals surface area contributed by atoms with Crippen molar-refractivity contribution in [1.82, 2.24) is 0 Å². The molecule has 5 heteroatoms. The van der Waals surface area contributed by atoms with E-state index in [9.17, 15) is 12.8 Å². The number of hydrogen-bond donors (Lipinski definition) is 0. The Balaban J connectivity index is 3.57. The lowest BCUT2D eigenvalue weighted by Gasteiger charge is -2.28. The number of aryl methyl sites for hydroxylation is 1. The molecule has 0 N–H and O–H groups in total. The fourth-order valence-electron chi connectivity index (χ4n) is 1.71. The molecule has 0 aliphatic rings. The highest BCUT2D eigenvalue weighted by Gasteiger charge is 2.24. The molecule has 0 fully saturated rings. The van der Waals surface area contributed by atoms with Gasteiger partial charge in [0.25, 0.3) is 0 Å². The summed E-state index contributed by atoms with van der Waals surface area (Å²) in [6, 6.07) is 3.00. The Morgan fingerprint density at radius 1 is 1.22 bits per heavy atom. The van der Waals surface area contributed by atoms with E-state index in [-0.39, 0.29) is 11.2 Å². The molecule has 1 aromatic rings. The van der Waals surface area contributed by atoms with Crippen molar-refractivity contribution in [3.05, 3.63) is 29.1 Å². The Kier molecular flexibility index (Phi) is 3.77. The molecule has 1 aromatic carbocycles. The Hall–Kier alpha value is -1.10. The van der Waals surface area contributed by atoms with Crippen LogP contribution in [0.4, 0.5) is 10.1 Å². The van der Waals surface area contributed by atoms with Crippen molar-refractivity contribution in [2.24, 2.45) is 0 Å². The Bertz CT molecular complexity index is 559. The predicted molar refractivity (Wildman–Crippen MR) is 73.1 cm³/mol. The number of hydrogen-bond acceptors (Lipinski definition) is 2. The van der Waals surface area contributed by atoms with Crippen LogP contribution >= 0.6 is 0 Å². The highest BCUT2D eigenvalue weighted by molar-refractivity contribution is 7.92. The van der Waals surface area contributed by atoms with Crippen LogP contribution in [0.1, 0.15) is 31.9 Å². The summed E-state index contributed by atoms with van der Waals surface area (Å²) in [6.07, 6.45) is 1.14. The van der Waals surface area contributed by atoms with E-state index in [0.717, 1.165) is 6.26 Å². The highest BCUT2D eigenvalue weighted by atomic mass is 32.2. The zero-order valence-electron chi connectivity index (χ0n) is 11.7. The quantitative estimate of drug-likeness (QED) is 0.831. The molecule has 0 aromatic heterocycles. The molecule has 0 amide bonds. The van der Waals surface area contributed by atoms with Gasteiger partial charge in [-0.1, -0.05) is 20.8 Å². The standard InChI is InChI=1S/C13H20FNO2S/c1-9-7-12(15(5)18(6,16)17)10(8-11(9)14)13(2,3)4/h7-8H,1-6H3. The highest BCUT2D eigenvalue weighted by Crippen LogP contribution is 2.34. The van der Waals surface area contributed by atoms with Crippen molar-refractivity contribution >= 4 is 15.7 Å². The summed E-state index contributed by atoms with van der Waals surface area (Å²) in [6.45, 7) is 7.41. The van der Waals surface area contributed by atoms with E-state index in [0.29, 0.717) is 16.8 Å². The van der Waals surface area contributed by atoms with E-state index in [1.54, 1.807) is 13.0 Å². The lowest BCUT2D eigenvalue weighted by Crippen LogP contribution is -2.28. The van der Waals surface area contributed by atoms with Gasteiger partial charge in [-0.3, -0.25) is 4.31 Å². The van der Waals surface area contributed by atoms with Gasteiger partial charge >= 0.3 is 0 Å². The summed E-state index contributed by atoms with van der Waals surface area (Å²) in [5, 5.41) is 0. The van der Waals surface area contributed by atoms with Crippen LogP contribution < -0.4 is 4.31 Å². The molecule has 0 spiro atoms. The van der Waals surface area contributed by atoms with Gasteiger partial charge in [0.1, 0.15) is 5.82 Å². The first-order valence-corrected chi connectivity index (χ1v) is 7.54. The van der Waals surface area contributed by atoms with Gasteiger partial charge in [0.2, 0.25) is 10.0 Å². The van der Waals surface area contributed by atoms with Gasteiger partial charge in [0, 0.05) is 7.05 Å². The molecule has 0 saturated carbocycles. The summed E-state index contributed by atoms with van der Waals surface area (Å²) < 4.78 is 38.2. The van der Waals surface area contributed by atoms with Crippen LogP contribution in [-0.2, 0) is 15.4 Å². The fourth-order valence-corrected chi connectivity index (χ4v) is 2.21. The molecule has 18 heavy (non-hydrogen) atoms. The van der Waals surface area contributed by atoms with Crippen LogP contribution in [0, 0.1) is 12.7 Å². The first-order chi connectivity index (χ1) is 7.94. The summed E-state index contributed by atoms with van der Waals surface area (Å²) in [4.78, 5) is 0. The van der Waals surface area contributed by atoms with Crippen LogP contribution in [0.2, 0.25) is 0 Å². The van der Waals surface area contributed by atoms with Crippen LogP contribution in [0.15, 0.2) is 12.1 Å². The molecule has 0 saturated heterocycles. The van der Waals surface area contributed by atoms with Gasteiger partial charge in [0.15, 0.2) is 0 Å². The SMILES string of the molecule is Cc1cc(N(C)S(C)(=O)=O)c(C(C)(C)C)cc1F. The predicted octanol–water partition coefficient (Wildman–Crippen LogP) is 2.83. The van der Waals surface area contributed by atoms with Crippen LogP contribution in [0.5, 0.6) is 0 Å². The molecule has 0 atom stereocenters. The molecule has 0 aliphatic carbocycles.